The van der Waals surface area contributed by atoms with Gasteiger partial charge in [-0.1, -0.05) is 60.1 Å². The second-order valence-corrected chi connectivity index (χ2v) is 10.3. The van der Waals surface area contributed by atoms with E-state index in [1.165, 1.54) is 0 Å². The highest BCUT2D eigenvalue weighted by molar-refractivity contribution is 6.31. The van der Waals surface area contributed by atoms with Crippen LogP contribution in [0.4, 0.5) is 0 Å². The highest BCUT2D eigenvalue weighted by Crippen LogP contribution is 2.27. The van der Waals surface area contributed by atoms with E-state index in [2.05, 4.69) is 12.1 Å². The molecule has 0 radical (unpaired) electrons. The molecule has 0 N–H and O–H groups in total. The number of hydrogen-bond donors (Lipinski definition) is 0. The molecule has 1 aromatic heterocycles. The third-order valence-electron chi connectivity index (χ3n) is 7.24. The summed E-state index contributed by atoms with van der Waals surface area (Å²) in [5.74, 6) is 0.345. The summed E-state index contributed by atoms with van der Waals surface area (Å²) in [5, 5.41) is 1.42. The van der Waals surface area contributed by atoms with E-state index >= 15 is 0 Å². The summed E-state index contributed by atoms with van der Waals surface area (Å²) >= 11 is 6.25. The van der Waals surface area contributed by atoms with Crippen molar-refractivity contribution in [1.29, 1.82) is 0 Å². The number of aryl methyl sites for hydroxylation is 1. The molecule has 4 aromatic rings. The summed E-state index contributed by atoms with van der Waals surface area (Å²) in [6, 6.07) is 23.0. The second-order valence-electron chi connectivity index (χ2n) is 9.90. The number of amides is 2. The van der Waals surface area contributed by atoms with Gasteiger partial charge in [-0.15, -0.1) is 0 Å². The van der Waals surface area contributed by atoms with Crippen LogP contribution in [0.1, 0.15) is 39.1 Å². The molecule has 0 bridgehead atoms. The summed E-state index contributed by atoms with van der Waals surface area (Å²) in [6.07, 6.45) is 4.10. The summed E-state index contributed by atoms with van der Waals surface area (Å²) in [6.45, 7) is 1.39. The largest absolute Gasteiger partial charge is 0.491 e. The summed E-state index contributed by atoms with van der Waals surface area (Å²) in [7, 11) is 3.75. The molecular weight excluding hydrogens is 498 g/mol. The molecule has 0 aliphatic carbocycles. The Balaban J connectivity index is 1.55. The molecular formula is C31H32ClN3O3. The van der Waals surface area contributed by atoms with E-state index < -0.39 is 0 Å². The maximum atomic E-state index is 14.2. The Morgan fingerprint density at radius 2 is 1.71 bits per heavy atom. The lowest BCUT2D eigenvalue weighted by molar-refractivity contribution is 0.0592. The van der Waals surface area contributed by atoms with Crippen molar-refractivity contribution in [3.05, 3.63) is 101 Å². The number of ether oxygens (including phenoxy) is 1. The van der Waals surface area contributed by atoms with Gasteiger partial charge in [0.15, 0.2) is 0 Å². The van der Waals surface area contributed by atoms with Gasteiger partial charge in [-0.3, -0.25) is 9.59 Å². The lowest BCUT2D eigenvalue weighted by Crippen LogP contribution is -2.46. The van der Waals surface area contributed by atoms with Crippen LogP contribution in [0.25, 0.3) is 10.9 Å². The van der Waals surface area contributed by atoms with Gasteiger partial charge in [0.05, 0.1) is 17.2 Å². The predicted molar refractivity (Wildman–Crippen MR) is 151 cm³/mol. The van der Waals surface area contributed by atoms with Crippen LogP contribution >= 0.6 is 11.6 Å². The van der Waals surface area contributed by atoms with E-state index in [0.717, 1.165) is 29.3 Å². The zero-order valence-electron chi connectivity index (χ0n) is 21.8. The fourth-order valence-electron chi connectivity index (χ4n) is 5.18. The van der Waals surface area contributed by atoms with Crippen LogP contribution in [0, 0.1) is 0 Å². The minimum atomic E-state index is -0.236. The molecule has 3 aromatic carbocycles. The summed E-state index contributed by atoms with van der Waals surface area (Å²) < 4.78 is 8.33. The van der Waals surface area contributed by atoms with Gasteiger partial charge in [0, 0.05) is 49.3 Å². The predicted octanol–water partition coefficient (Wildman–Crippen LogP) is 5.83. The number of para-hydroxylation sites is 1. The quantitative estimate of drug-likeness (QED) is 0.335. The van der Waals surface area contributed by atoms with Gasteiger partial charge in [-0.25, -0.2) is 0 Å². The van der Waals surface area contributed by atoms with E-state index in [9.17, 15) is 9.59 Å². The first-order valence-electron chi connectivity index (χ1n) is 13.0. The Hall–Kier alpha value is -3.77. The Bertz CT molecular complexity index is 1450. The number of carbonyl (C=O) groups is 2. The van der Waals surface area contributed by atoms with Gasteiger partial charge in [0.1, 0.15) is 12.4 Å². The third-order valence-corrected chi connectivity index (χ3v) is 7.47. The van der Waals surface area contributed by atoms with Gasteiger partial charge in [-0.05, 0) is 49.1 Å². The number of halogens is 1. The van der Waals surface area contributed by atoms with Crippen molar-refractivity contribution in [1.82, 2.24) is 14.4 Å². The van der Waals surface area contributed by atoms with Gasteiger partial charge >= 0.3 is 0 Å². The highest BCUT2D eigenvalue weighted by atomic mass is 35.5. The van der Waals surface area contributed by atoms with E-state index in [1.807, 2.05) is 65.2 Å². The fourth-order valence-corrected chi connectivity index (χ4v) is 5.35. The molecule has 38 heavy (non-hydrogen) atoms. The number of rotatable bonds is 3. The SMILES string of the molecule is CN1CCCCN(C(=O)c2cn(C)c3ccccc23)[C@@H](Cc2ccccc2)COc2ccc(Cl)cc2C1=O. The molecule has 196 valence electrons. The zero-order valence-corrected chi connectivity index (χ0v) is 22.5. The number of hydrogen-bond acceptors (Lipinski definition) is 3. The Morgan fingerprint density at radius 1 is 0.974 bits per heavy atom. The minimum absolute atomic E-state index is 0.0100. The van der Waals surface area contributed by atoms with Crippen LogP contribution < -0.4 is 4.74 Å². The second kappa shape index (κ2) is 11.3. The lowest BCUT2D eigenvalue weighted by Gasteiger charge is -2.33. The molecule has 0 saturated heterocycles. The van der Waals surface area contributed by atoms with Crippen molar-refractivity contribution in [2.24, 2.45) is 7.05 Å². The van der Waals surface area contributed by atoms with Crippen molar-refractivity contribution in [2.45, 2.75) is 25.3 Å². The van der Waals surface area contributed by atoms with Crippen molar-refractivity contribution >= 4 is 34.3 Å². The molecule has 2 amide bonds. The van der Waals surface area contributed by atoms with Gasteiger partial charge < -0.3 is 19.1 Å². The average Bonchev–Trinajstić information content (AvgIpc) is 3.27. The monoisotopic (exact) mass is 529 g/mol. The Morgan fingerprint density at radius 3 is 2.53 bits per heavy atom. The maximum absolute atomic E-state index is 14.2. The van der Waals surface area contributed by atoms with Gasteiger partial charge in [0.25, 0.3) is 11.8 Å². The summed E-state index contributed by atoms with van der Waals surface area (Å²) in [4.78, 5) is 31.1. The van der Waals surface area contributed by atoms with Crippen LogP contribution in [0.15, 0.2) is 79.0 Å². The molecule has 2 heterocycles. The lowest BCUT2D eigenvalue weighted by atomic mass is 10.0. The molecule has 7 heteroatoms. The van der Waals surface area contributed by atoms with Gasteiger partial charge in [-0.2, -0.15) is 0 Å². The number of benzene rings is 3. The molecule has 0 saturated carbocycles. The number of aromatic nitrogens is 1. The Labute approximate surface area is 228 Å². The van der Waals surface area contributed by atoms with Crippen molar-refractivity contribution in [2.75, 3.05) is 26.7 Å². The van der Waals surface area contributed by atoms with E-state index in [0.29, 0.717) is 41.4 Å². The molecule has 0 unspecified atom stereocenters. The first-order valence-corrected chi connectivity index (χ1v) is 13.4. The highest BCUT2D eigenvalue weighted by Gasteiger charge is 2.29. The van der Waals surface area contributed by atoms with Crippen LogP contribution in [-0.2, 0) is 13.5 Å². The minimum Gasteiger partial charge on any atom is -0.491 e. The van der Waals surface area contributed by atoms with Crippen molar-refractivity contribution in [3.63, 3.8) is 0 Å². The maximum Gasteiger partial charge on any atom is 0.257 e. The number of fused-ring (bicyclic) bond motifs is 2. The first kappa shape index (κ1) is 25.9. The first-order chi connectivity index (χ1) is 18.4. The van der Waals surface area contributed by atoms with Crippen molar-refractivity contribution < 1.29 is 14.3 Å². The molecule has 6 nitrogen and oxygen atoms in total. The normalized spacial score (nSPS) is 16.9. The molecule has 1 aliphatic heterocycles. The average molecular weight is 530 g/mol. The van der Waals surface area contributed by atoms with Crippen LogP contribution in [0.3, 0.4) is 0 Å². The number of nitrogens with zero attached hydrogens (tertiary/aromatic N) is 3. The van der Waals surface area contributed by atoms with E-state index in [-0.39, 0.29) is 24.5 Å². The zero-order chi connectivity index (χ0) is 26.6. The molecule has 1 atom stereocenters. The molecule has 5 rings (SSSR count). The third kappa shape index (κ3) is 5.41. The van der Waals surface area contributed by atoms with Crippen LogP contribution in [-0.4, -0.2) is 59.0 Å². The topological polar surface area (TPSA) is 54.8 Å². The molecule has 1 aliphatic rings. The van der Waals surface area contributed by atoms with E-state index in [4.69, 9.17) is 16.3 Å². The molecule has 0 spiro atoms. The van der Waals surface area contributed by atoms with Crippen LogP contribution in [0.2, 0.25) is 5.02 Å². The standard InChI is InChI=1S/C31H32ClN3O3/c1-33-16-8-9-17-35(31(37)27-20-34(2)28-13-7-6-12-25(27)28)24(18-22-10-4-3-5-11-22)21-38-29-15-14-23(32)19-26(29)30(33)36/h3-7,10-15,19-20,24H,8-9,16-18,21H2,1-2H3/t24-/m0/s1. The van der Waals surface area contributed by atoms with Crippen LogP contribution in [0.5, 0.6) is 5.75 Å². The Kier molecular flexibility index (Phi) is 7.70. The summed E-state index contributed by atoms with van der Waals surface area (Å²) in [5.41, 5.74) is 3.27. The smallest absolute Gasteiger partial charge is 0.257 e. The fraction of sp³-hybridized carbons (Fsp3) is 0.290. The number of carbonyl (C=O) groups excluding carboxylic acids is 2. The molecule has 0 fully saturated rings. The van der Waals surface area contributed by atoms with Gasteiger partial charge in [0.2, 0.25) is 0 Å². The van der Waals surface area contributed by atoms with Crippen molar-refractivity contribution in [3.8, 4) is 5.75 Å². The van der Waals surface area contributed by atoms with E-state index in [1.54, 1.807) is 30.1 Å².